The summed E-state index contributed by atoms with van der Waals surface area (Å²) in [6.07, 6.45) is -3.73. The van der Waals surface area contributed by atoms with Gasteiger partial charge >= 0.3 is 6.18 Å². The first-order valence-electron chi connectivity index (χ1n) is 5.95. The van der Waals surface area contributed by atoms with Crippen molar-refractivity contribution in [3.05, 3.63) is 0 Å². The molecule has 0 saturated carbocycles. The fourth-order valence-electron chi connectivity index (χ4n) is 2.00. The van der Waals surface area contributed by atoms with E-state index >= 15 is 0 Å². The molecule has 17 heavy (non-hydrogen) atoms. The summed E-state index contributed by atoms with van der Waals surface area (Å²) >= 11 is 0. The summed E-state index contributed by atoms with van der Waals surface area (Å²) in [6, 6.07) is -0.0662. The van der Waals surface area contributed by atoms with Crippen LogP contribution in [-0.2, 0) is 4.79 Å². The van der Waals surface area contributed by atoms with Gasteiger partial charge in [-0.3, -0.25) is 4.79 Å². The third-order valence-electron chi connectivity index (χ3n) is 3.07. The predicted octanol–water partition coefficient (Wildman–Crippen LogP) is 1.83. The average molecular weight is 252 g/mol. The van der Waals surface area contributed by atoms with Crippen LogP contribution in [-0.4, -0.2) is 31.2 Å². The normalized spacial score (nSPS) is 23.2. The summed E-state index contributed by atoms with van der Waals surface area (Å²) in [6.45, 7) is 3.65. The highest BCUT2D eigenvalue weighted by atomic mass is 19.4. The molecule has 0 aromatic carbocycles. The van der Waals surface area contributed by atoms with Gasteiger partial charge in [-0.2, -0.15) is 13.2 Å². The van der Waals surface area contributed by atoms with E-state index in [-0.39, 0.29) is 6.04 Å². The third kappa shape index (κ3) is 5.91. The van der Waals surface area contributed by atoms with Crippen molar-refractivity contribution >= 4 is 5.91 Å². The van der Waals surface area contributed by atoms with E-state index in [0.717, 1.165) is 25.9 Å². The standard InChI is InChI=1S/C11H19F3N2O/c1-8(9-3-2-6-15-7-9)16-10(17)4-5-11(12,13)14/h8-9,15H,2-7H2,1H3,(H,16,17). The summed E-state index contributed by atoms with van der Waals surface area (Å²) in [5.41, 5.74) is 0. The molecule has 0 aliphatic carbocycles. The fraction of sp³-hybridized carbons (Fsp3) is 0.909. The van der Waals surface area contributed by atoms with Gasteiger partial charge in [0.25, 0.3) is 0 Å². The van der Waals surface area contributed by atoms with Crippen molar-refractivity contribution in [3.63, 3.8) is 0 Å². The highest BCUT2D eigenvalue weighted by Gasteiger charge is 2.28. The van der Waals surface area contributed by atoms with E-state index in [1.165, 1.54) is 0 Å². The van der Waals surface area contributed by atoms with E-state index in [9.17, 15) is 18.0 Å². The first-order valence-corrected chi connectivity index (χ1v) is 5.95. The molecule has 2 atom stereocenters. The molecule has 2 N–H and O–H groups in total. The highest BCUT2D eigenvalue weighted by molar-refractivity contribution is 5.76. The molecule has 3 nitrogen and oxygen atoms in total. The number of hydrogen-bond donors (Lipinski definition) is 2. The number of amides is 1. The molecule has 0 spiro atoms. The molecule has 1 aliphatic heterocycles. The zero-order chi connectivity index (χ0) is 12.9. The van der Waals surface area contributed by atoms with Crippen molar-refractivity contribution in [3.8, 4) is 0 Å². The monoisotopic (exact) mass is 252 g/mol. The first kappa shape index (κ1) is 14.3. The summed E-state index contributed by atoms with van der Waals surface area (Å²) in [5, 5.41) is 5.86. The van der Waals surface area contributed by atoms with Gasteiger partial charge in [-0.25, -0.2) is 0 Å². The van der Waals surface area contributed by atoms with Crippen molar-refractivity contribution in [2.75, 3.05) is 13.1 Å². The number of hydrogen-bond acceptors (Lipinski definition) is 2. The molecule has 1 amide bonds. The molecule has 1 rings (SSSR count). The Hall–Kier alpha value is -0.780. The van der Waals surface area contributed by atoms with Crippen molar-refractivity contribution in [1.82, 2.24) is 10.6 Å². The Bertz CT molecular complexity index is 250. The number of carbonyl (C=O) groups excluding carboxylic acids is 1. The van der Waals surface area contributed by atoms with Crippen LogP contribution in [0.4, 0.5) is 13.2 Å². The lowest BCUT2D eigenvalue weighted by Crippen LogP contribution is -2.44. The number of rotatable bonds is 4. The molecule has 100 valence electrons. The van der Waals surface area contributed by atoms with Crippen LogP contribution in [0.2, 0.25) is 0 Å². The number of carbonyl (C=O) groups is 1. The third-order valence-corrected chi connectivity index (χ3v) is 3.07. The lowest BCUT2D eigenvalue weighted by Gasteiger charge is -2.29. The van der Waals surface area contributed by atoms with Crippen LogP contribution in [0.15, 0.2) is 0 Å². The minimum atomic E-state index is -4.26. The largest absolute Gasteiger partial charge is 0.389 e. The second kappa shape index (κ2) is 6.23. The fourth-order valence-corrected chi connectivity index (χ4v) is 2.00. The summed E-state index contributed by atoms with van der Waals surface area (Å²) in [5.74, 6) is -0.195. The zero-order valence-electron chi connectivity index (χ0n) is 9.94. The number of nitrogens with one attached hydrogen (secondary N) is 2. The van der Waals surface area contributed by atoms with E-state index in [0.29, 0.717) is 5.92 Å². The van der Waals surface area contributed by atoms with Crippen LogP contribution >= 0.6 is 0 Å². The zero-order valence-corrected chi connectivity index (χ0v) is 9.94. The maximum Gasteiger partial charge on any atom is 0.389 e. The summed E-state index contributed by atoms with van der Waals surface area (Å²) < 4.78 is 35.8. The second-order valence-electron chi connectivity index (χ2n) is 4.58. The van der Waals surface area contributed by atoms with Crippen molar-refractivity contribution in [2.24, 2.45) is 5.92 Å². The quantitative estimate of drug-likeness (QED) is 0.801. The van der Waals surface area contributed by atoms with Crippen LogP contribution in [0, 0.1) is 5.92 Å². The molecular weight excluding hydrogens is 233 g/mol. The predicted molar refractivity (Wildman–Crippen MR) is 58.5 cm³/mol. The average Bonchev–Trinajstić information content (AvgIpc) is 2.27. The lowest BCUT2D eigenvalue weighted by molar-refractivity contribution is -0.144. The van der Waals surface area contributed by atoms with Gasteiger partial charge in [0, 0.05) is 12.5 Å². The van der Waals surface area contributed by atoms with Crippen LogP contribution in [0.25, 0.3) is 0 Å². The Morgan fingerprint density at radius 3 is 2.76 bits per heavy atom. The Kier molecular flexibility index (Phi) is 5.24. The molecule has 0 radical (unpaired) electrons. The van der Waals surface area contributed by atoms with Crippen LogP contribution in [0.1, 0.15) is 32.6 Å². The minimum absolute atomic E-state index is 0.0662. The second-order valence-corrected chi connectivity index (χ2v) is 4.58. The molecule has 1 saturated heterocycles. The van der Waals surface area contributed by atoms with E-state index in [1.807, 2.05) is 6.92 Å². The maximum absolute atomic E-state index is 11.9. The van der Waals surface area contributed by atoms with Crippen molar-refractivity contribution in [2.45, 2.75) is 44.8 Å². The Labute approximate surface area is 99.1 Å². The molecular formula is C11H19F3N2O. The Morgan fingerprint density at radius 2 is 2.24 bits per heavy atom. The maximum atomic E-state index is 11.9. The Balaban J connectivity index is 2.25. The van der Waals surface area contributed by atoms with Crippen molar-refractivity contribution < 1.29 is 18.0 Å². The number of alkyl halides is 3. The number of piperidine rings is 1. The molecule has 2 unspecified atom stereocenters. The van der Waals surface area contributed by atoms with Gasteiger partial charge in [-0.05, 0) is 38.8 Å². The topological polar surface area (TPSA) is 41.1 Å². The highest BCUT2D eigenvalue weighted by Crippen LogP contribution is 2.21. The van der Waals surface area contributed by atoms with Gasteiger partial charge in [0.1, 0.15) is 0 Å². The lowest BCUT2D eigenvalue weighted by atomic mass is 9.93. The van der Waals surface area contributed by atoms with E-state index in [1.54, 1.807) is 0 Å². The van der Waals surface area contributed by atoms with Crippen LogP contribution in [0.5, 0.6) is 0 Å². The molecule has 0 aromatic heterocycles. The van der Waals surface area contributed by atoms with Gasteiger partial charge in [0.15, 0.2) is 0 Å². The number of halogens is 3. The van der Waals surface area contributed by atoms with E-state index in [4.69, 9.17) is 0 Å². The first-order chi connectivity index (χ1) is 7.88. The summed E-state index contributed by atoms with van der Waals surface area (Å²) in [4.78, 5) is 11.3. The van der Waals surface area contributed by atoms with Gasteiger partial charge in [-0.15, -0.1) is 0 Å². The Morgan fingerprint density at radius 1 is 1.53 bits per heavy atom. The van der Waals surface area contributed by atoms with Crippen LogP contribution < -0.4 is 10.6 Å². The van der Waals surface area contributed by atoms with Gasteiger partial charge in [0.2, 0.25) is 5.91 Å². The van der Waals surface area contributed by atoms with Gasteiger partial charge in [0.05, 0.1) is 6.42 Å². The molecule has 0 aromatic rings. The molecule has 1 aliphatic rings. The van der Waals surface area contributed by atoms with Crippen molar-refractivity contribution in [1.29, 1.82) is 0 Å². The minimum Gasteiger partial charge on any atom is -0.353 e. The SMILES string of the molecule is CC(NC(=O)CCC(F)(F)F)C1CCCNC1. The van der Waals surface area contributed by atoms with E-state index in [2.05, 4.69) is 10.6 Å². The molecule has 0 bridgehead atoms. The smallest absolute Gasteiger partial charge is 0.353 e. The van der Waals surface area contributed by atoms with E-state index < -0.39 is 24.9 Å². The van der Waals surface area contributed by atoms with Crippen LogP contribution in [0.3, 0.4) is 0 Å². The van der Waals surface area contributed by atoms with Gasteiger partial charge < -0.3 is 10.6 Å². The molecule has 1 heterocycles. The molecule has 1 fully saturated rings. The summed E-state index contributed by atoms with van der Waals surface area (Å²) in [7, 11) is 0. The molecule has 6 heteroatoms. The van der Waals surface area contributed by atoms with Gasteiger partial charge in [-0.1, -0.05) is 0 Å².